The van der Waals surface area contributed by atoms with Crippen LogP contribution in [0.2, 0.25) is 0 Å². The Morgan fingerprint density at radius 3 is 2.69 bits per heavy atom. The molecule has 0 aromatic carbocycles. The van der Waals surface area contributed by atoms with Crippen LogP contribution >= 0.6 is 23.7 Å². The number of halogens is 1. The fourth-order valence-electron chi connectivity index (χ4n) is 0.931. The van der Waals surface area contributed by atoms with Crippen LogP contribution in [-0.2, 0) is 14.8 Å². The van der Waals surface area contributed by atoms with Gasteiger partial charge in [-0.15, -0.1) is 23.7 Å². The molecule has 1 aromatic heterocycles. The Kier molecular flexibility index (Phi) is 5.95. The van der Waals surface area contributed by atoms with Gasteiger partial charge in [0.05, 0.1) is 6.61 Å². The Hall–Kier alpha value is -0.630. The highest BCUT2D eigenvalue weighted by atomic mass is 35.5. The number of carbonyl (C=O) groups excluding carboxylic acids is 1. The number of sulfonamides is 1. The molecule has 0 aliphatic rings. The normalized spacial score (nSPS) is 10.6. The van der Waals surface area contributed by atoms with E-state index in [1.54, 1.807) is 0 Å². The minimum Gasteiger partial charge on any atom is -0.461 e. The average Bonchev–Trinajstić information content (AvgIpc) is 2.61. The van der Waals surface area contributed by atoms with Crippen molar-refractivity contribution in [1.82, 2.24) is 0 Å². The Bertz CT molecular complexity index is 454. The summed E-state index contributed by atoms with van der Waals surface area (Å²) in [6.07, 6.45) is 0.682. The third kappa shape index (κ3) is 3.75. The van der Waals surface area contributed by atoms with E-state index < -0.39 is 16.0 Å². The van der Waals surface area contributed by atoms with E-state index in [-0.39, 0.29) is 28.8 Å². The summed E-state index contributed by atoms with van der Waals surface area (Å²) in [5.74, 6) is -0.643. The van der Waals surface area contributed by atoms with E-state index in [9.17, 15) is 13.2 Å². The van der Waals surface area contributed by atoms with E-state index in [0.29, 0.717) is 6.42 Å². The van der Waals surface area contributed by atoms with Gasteiger partial charge in [-0.05, 0) is 17.9 Å². The zero-order valence-electron chi connectivity index (χ0n) is 8.50. The summed E-state index contributed by atoms with van der Waals surface area (Å²) in [5, 5.41) is 6.43. The van der Waals surface area contributed by atoms with Gasteiger partial charge in [-0.25, -0.2) is 18.4 Å². The Labute approximate surface area is 104 Å². The van der Waals surface area contributed by atoms with E-state index in [1.165, 1.54) is 11.4 Å². The van der Waals surface area contributed by atoms with Crippen LogP contribution in [-0.4, -0.2) is 21.0 Å². The molecule has 1 aromatic rings. The van der Waals surface area contributed by atoms with E-state index in [2.05, 4.69) is 0 Å². The van der Waals surface area contributed by atoms with Crippen molar-refractivity contribution < 1.29 is 17.9 Å². The third-order valence-corrected chi connectivity index (χ3v) is 3.54. The fourth-order valence-corrected chi connectivity index (χ4v) is 2.79. The highest BCUT2D eigenvalue weighted by Crippen LogP contribution is 2.21. The van der Waals surface area contributed by atoms with Crippen LogP contribution in [0.5, 0.6) is 0 Å². The first-order valence-electron chi connectivity index (χ1n) is 4.24. The van der Waals surface area contributed by atoms with Crippen molar-refractivity contribution in [3.05, 3.63) is 16.3 Å². The van der Waals surface area contributed by atoms with Crippen molar-refractivity contribution in [2.24, 2.45) is 5.14 Å². The zero-order valence-corrected chi connectivity index (χ0v) is 11.0. The van der Waals surface area contributed by atoms with E-state index in [1.807, 2.05) is 6.92 Å². The third-order valence-electron chi connectivity index (χ3n) is 1.56. The molecule has 0 unspecified atom stereocenters. The summed E-state index contributed by atoms with van der Waals surface area (Å²) in [7, 11) is -3.85. The monoisotopic (exact) mass is 285 g/mol. The second-order valence-electron chi connectivity index (χ2n) is 2.79. The Morgan fingerprint density at radius 1 is 1.56 bits per heavy atom. The maximum Gasteiger partial charge on any atom is 0.349 e. The molecule has 2 N–H and O–H groups in total. The molecular weight excluding hydrogens is 274 g/mol. The number of ether oxygens (including phenoxy) is 1. The smallest absolute Gasteiger partial charge is 0.349 e. The number of carbonyl (C=O) groups is 1. The molecule has 0 aliphatic heterocycles. The molecule has 0 atom stereocenters. The topological polar surface area (TPSA) is 86.5 Å². The lowest BCUT2D eigenvalue weighted by Crippen LogP contribution is -2.16. The molecule has 92 valence electrons. The van der Waals surface area contributed by atoms with Gasteiger partial charge >= 0.3 is 5.97 Å². The van der Waals surface area contributed by atoms with Crippen molar-refractivity contribution in [2.75, 3.05) is 6.61 Å². The standard InChI is InChI=1S/C8H11NO4S2.ClH/c1-2-4-13-8(10)7-6(3-5-14-7)15(9,11)12;/h3,5H,2,4H2,1H3,(H2,9,11,12);1H. The first kappa shape index (κ1) is 15.4. The van der Waals surface area contributed by atoms with Crippen molar-refractivity contribution in [3.8, 4) is 0 Å². The van der Waals surface area contributed by atoms with E-state index >= 15 is 0 Å². The van der Waals surface area contributed by atoms with Crippen LogP contribution in [0.15, 0.2) is 16.3 Å². The van der Waals surface area contributed by atoms with Crippen LogP contribution < -0.4 is 5.14 Å². The van der Waals surface area contributed by atoms with Gasteiger partial charge in [-0.3, -0.25) is 0 Å². The lowest BCUT2D eigenvalue weighted by molar-refractivity contribution is 0.0507. The highest BCUT2D eigenvalue weighted by molar-refractivity contribution is 7.89. The first-order chi connectivity index (χ1) is 6.96. The number of rotatable bonds is 4. The first-order valence-corrected chi connectivity index (χ1v) is 6.66. The van der Waals surface area contributed by atoms with Crippen LogP contribution in [0.25, 0.3) is 0 Å². The van der Waals surface area contributed by atoms with Crippen molar-refractivity contribution in [2.45, 2.75) is 18.2 Å². The van der Waals surface area contributed by atoms with Crippen molar-refractivity contribution in [1.29, 1.82) is 0 Å². The summed E-state index contributed by atoms with van der Waals surface area (Å²) in [6.45, 7) is 2.11. The van der Waals surface area contributed by atoms with E-state index in [4.69, 9.17) is 9.88 Å². The summed E-state index contributed by atoms with van der Waals surface area (Å²) in [6, 6.07) is 1.29. The number of nitrogens with two attached hydrogens (primary N) is 1. The summed E-state index contributed by atoms with van der Waals surface area (Å²) in [4.78, 5) is 11.3. The van der Waals surface area contributed by atoms with Gasteiger partial charge in [0.2, 0.25) is 10.0 Å². The van der Waals surface area contributed by atoms with Crippen LogP contribution in [0.3, 0.4) is 0 Å². The van der Waals surface area contributed by atoms with Crippen LogP contribution in [0.1, 0.15) is 23.0 Å². The molecule has 0 aliphatic carbocycles. The van der Waals surface area contributed by atoms with Crippen LogP contribution in [0, 0.1) is 0 Å². The highest BCUT2D eigenvalue weighted by Gasteiger charge is 2.21. The quantitative estimate of drug-likeness (QED) is 0.847. The van der Waals surface area contributed by atoms with Gasteiger partial charge in [0.25, 0.3) is 0 Å². The number of hydrogen-bond acceptors (Lipinski definition) is 5. The molecule has 8 heteroatoms. The Morgan fingerprint density at radius 2 is 2.19 bits per heavy atom. The minimum atomic E-state index is -3.85. The predicted octanol–water partition coefficient (Wildman–Crippen LogP) is 1.38. The van der Waals surface area contributed by atoms with Gasteiger partial charge in [0.15, 0.2) is 0 Å². The van der Waals surface area contributed by atoms with Gasteiger partial charge < -0.3 is 4.74 Å². The lowest BCUT2D eigenvalue weighted by Gasteiger charge is -2.02. The molecule has 16 heavy (non-hydrogen) atoms. The second kappa shape index (κ2) is 6.19. The Balaban J connectivity index is 0.00000225. The van der Waals surface area contributed by atoms with Crippen molar-refractivity contribution in [3.63, 3.8) is 0 Å². The zero-order chi connectivity index (χ0) is 11.5. The number of primary sulfonamides is 1. The predicted molar refractivity (Wildman–Crippen MR) is 63.5 cm³/mol. The molecule has 0 amide bonds. The molecule has 0 spiro atoms. The average molecular weight is 286 g/mol. The summed E-state index contributed by atoms with van der Waals surface area (Å²) >= 11 is 1.00. The largest absolute Gasteiger partial charge is 0.461 e. The van der Waals surface area contributed by atoms with Crippen molar-refractivity contribution >= 4 is 39.7 Å². The van der Waals surface area contributed by atoms with Gasteiger partial charge in [-0.2, -0.15) is 0 Å². The molecule has 0 bridgehead atoms. The number of thiophene rings is 1. The molecule has 0 saturated carbocycles. The molecule has 5 nitrogen and oxygen atoms in total. The molecule has 1 rings (SSSR count). The molecular formula is C8H12ClNO4S2. The lowest BCUT2D eigenvalue weighted by atomic mass is 10.4. The fraction of sp³-hybridized carbons (Fsp3) is 0.375. The molecule has 0 saturated heterocycles. The molecule has 0 radical (unpaired) electrons. The van der Waals surface area contributed by atoms with E-state index in [0.717, 1.165) is 11.3 Å². The summed E-state index contributed by atoms with van der Waals surface area (Å²) < 4.78 is 27.0. The maximum atomic E-state index is 11.4. The summed E-state index contributed by atoms with van der Waals surface area (Å²) in [5.41, 5.74) is 0. The van der Waals surface area contributed by atoms with Gasteiger partial charge in [0.1, 0.15) is 9.77 Å². The SMILES string of the molecule is CCCOC(=O)c1sccc1S(N)(=O)=O.Cl. The minimum absolute atomic E-state index is 0. The van der Waals surface area contributed by atoms with Crippen LogP contribution in [0.4, 0.5) is 0 Å². The molecule has 0 fully saturated rings. The maximum absolute atomic E-state index is 11.4. The van der Waals surface area contributed by atoms with Gasteiger partial charge in [0, 0.05) is 0 Å². The molecule has 1 heterocycles. The second-order valence-corrected chi connectivity index (χ2v) is 5.24. The number of hydrogen-bond donors (Lipinski definition) is 1. The van der Waals surface area contributed by atoms with Gasteiger partial charge in [-0.1, -0.05) is 6.92 Å². The number of esters is 1.